The van der Waals surface area contributed by atoms with Crippen LogP contribution in [-0.4, -0.2) is 26.7 Å². The van der Waals surface area contributed by atoms with E-state index >= 15 is 0 Å². The van der Waals surface area contributed by atoms with Crippen molar-refractivity contribution >= 4 is 23.2 Å². The van der Waals surface area contributed by atoms with Crippen LogP contribution in [0.2, 0.25) is 5.02 Å². The summed E-state index contributed by atoms with van der Waals surface area (Å²) in [6, 6.07) is 12.7. The molecule has 0 aliphatic heterocycles. The molecule has 2 aromatic carbocycles. The minimum Gasteiger partial charge on any atom is -0.496 e. The van der Waals surface area contributed by atoms with Crippen molar-refractivity contribution in [2.75, 3.05) is 26.1 Å². The first-order valence-corrected chi connectivity index (χ1v) is 7.92. The van der Waals surface area contributed by atoms with Crippen LogP contribution in [0.15, 0.2) is 42.5 Å². The van der Waals surface area contributed by atoms with Crippen LogP contribution in [0, 0.1) is 0 Å². The molecule has 2 rings (SSSR count). The summed E-state index contributed by atoms with van der Waals surface area (Å²) in [6.07, 6.45) is 0. The second-order valence-corrected chi connectivity index (χ2v) is 5.64. The highest BCUT2D eigenvalue weighted by Crippen LogP contribution is 2.27. The summed E-state index contributed by atoms with van der Waals surface area (Å²) in [5.41, 5.74) is 1.68. The Balaban J connectivity index is 1.92. The molecule has 128 valence electrons. The van der Waals surface area contributed by atoms with Crippen molar-refractivity contribution in [1.29, 1.82) is 0 Å². The number of amides is 1. The SMILES string of the molecule is COc1ccc(NCC(=O)NC(C)c2ccccc2OC)cc1Cl. The van der Waals surface area contributed by atoms with Crippen molar-refractivity contribution in [3.63, 3.8) is 0 Å². The third-order valence-electron chi connectivity index (χ3n) is 3.59. The predicted molar refractivity (Wildman–Crippen MR) is 96.0 cm³/mol. The lowest BCUT2D eigenvalue weighted by Crippen LogP contribution is -2.32. The highest BCUT2D eigenvalue weighted by molar-refractivity contribution is 6.32. The van der Waals surface area contributed by atoms with Crippen LogP contribution in [0.3, 0.4) is 0 Å². The van der Waals surface area contributed by atoms with Crippen molar-refractivity contribution in [3.8, 4) is 11.5 Å². The van der Waals surface area contributed by atoms with Crippen LogP contribution in [0.1, 0.15) is 18.5 Å². The number of hydrogen-bond acceptors (Lipinski definition) is 4. The van der Waals surface area contributed by atoms with E-state index in [1.165, 1.54) is 0 Å². The van der Waals surface area contributed by atoms with Gasteiger partial charge in [0.1, 0.15) is 11.5 Å². The second-order valence-electron chi connectivity index (χ2n) is 5.23. The molecule has 5 nitrogen and oxygen atoms in total. The summed E-state index contributed by atoms with van der Waals surface area (Å²) in [6.45, 7) is 2.06. The Labute approximate surface area is 146 Å². The summed E-state index contributed by atoms with van der Waals surface area (Å²) in [4.78, 5) is 12.1. The molecular formula is C18H21ClN2O3. The van der Waals surface area contributed by atoms with Crippen molar-refractivity contribution in [3.05, 3.63) is 53.1 Å². The van der Waals surface area contributed by atoms with E-state index in [2.05, 4.69) is 10.6 Å². The van der Waals surface area contributed by atoms with Gasteiger partial charge in [0, 0.05) is 11.3 Å². The van der Waals surface area contributed by atoms with E-state index in [0.717, 1.165) is 17.0 Å². The Hall–Kier alpha value is -2.40. The lowest BCUT2D eigenvalue weighted by atomic mass is 10.1. The van der Waals surface area contributed by atoms with E-state index in [4.69, 9.17) is 21.1 Å². The predicted octanol–water partition coefficient (Wildman–Crippen LogP) is 3.65. The summed E-state index contributed by atoms with van der Waals surface area (Å²) >= 11 is 6.06. The molecule has 1 amide bonds. The Morgan fingerprint density at radius 1 is 1.12 bits per heavy atom. The van der Waals surface area contributed by atoms with E-state index in [0.29, 0.717) is 10.8 Å². The number of halogens is 1. The Kier molecular flexibility index (Phi) is 6.32. The van der Waals surface area contributed by atoms with Gasteiger partial charge >= 0.3 is 0 Å². The molecule has 0 spiro atoms. The number of anilines is 1. The molecule has 2 N–H and O–H groups in total. The van der Waals surface area contributed by atoms with Gasteiger partial charge in [0.05, 0.1) is 31.8 Å². The molecule has 24 heavy (non-hydrogen) atoms. The maximum Gasteiger partial charge on any atom is 0.239 e. The largest absolute Gasteiger partial charge is 0.496 e. The normalized spacial score (nSPS) is 11.5. The molecule has 0 radical (unpaired) electrons. The highest BCUT2D eigenvalue weighted by atomic mass is 35.5. The first-order chi connectivity index (χ1) is 11.5. The molecule has 2 aromatic rings. The molecule has 0 aliphatic rings. The van der Waals surface area contributed by atoms with Crippen molar-refractivity contribution in [2.24, 2.45) is 0 Å². The number of para-hydroxylation sites is 1. The van der Waals surface area contributed by atoms with Gasteiger partial charge in [-0.2, -0.15) is 0 Å². The fraction of sp³-hybridized carbons (Fsp3) is 0.278. The van der Waals surface area contributed by atoms with E-state index in [1.807, 2.05) is 37.3 Å². The molecule has 1 atom stereocenters. The fourth-order valence-electron chi connectivity index (χ4n) is 2.35. The molecule has 6 heteroatoms. The van der Waals surface area contributed by atoms with Gasteiger partial charge in [0.2, 0.25) is 5.91 Å². The number of benzene rings is 2. The molecule has 0 heterocycles. The first kappa shape index (κ1) is 17.9. The van der Waals surface area contributed by atoms with E-state index < -0.39 is 0 Å². The quantitative estimate of drug-likeness (QED) is 0.802. The van der Waals surface area contributed by atoms with Crippen LogP contribution in [0.5, 0.6) is 11.5 Å². The molecule has 0 fully saturated rings. The Bertz CT molecular complexity index is 706. The highest BCUT2D eigenvalue weighted by Gasteiger charge is 2.13. The molecular weight excluding hydrogens is 328 g/mol. The lowest BCUT2D eigenvalue weighted by molar-refractivity contribution is -0.120. The Morgan fingerprint density at radius 3 is 2.50 bits per heavy atom. The van der Waals surface area contributed by atoms with Crippen LogP contribution < -0.4 is 20.1 Å². The van der Waals surface area contributed by atoms with Crippen LogP contribution in [0.4, 0.5) is 5.69 Å². The standard InChI is InChI=1S/C18H21ClN2O3/c1-12(14-6-4-5-7-16(14)23-2)21-18(22)11-20-13-8-9-17(24-3)15(19)10-13/h4-10,12,20H,11H2,1-3H3,(H,21,22). The van der Waals surface area contributed by atoms with Crippen molar-refractivity contribution in [2.45, 2.75) is 13.0 Å². The molecule has 0 aliphatic carbocycles. The molecule has 1 unspecified atom stereocenters. The van der Waals surface area contributed by atoms with Crippen LogP contribution in [-0.2, 0) is 4.79 Å². The van der Waals surface area contributed by atoms with Crippen LogP contribution >= 0.6 is 11.6 Å². The maximum absolute atomic E-state index is 12.1. The molecule has 0 bridgehead atoms. The first-order valence-electron chi connectivity index (χ1n) is 7.55. The average Bonchev–Trinajstić information content (AvgIpc) is 2.60. The third-order valence-corrected chi connectivity index (χ3v) is 3.88. The summed E-state index contributed by atoms with van der Waals surface area (Å²) in [5, 5.41) is 6.47. The minimum absolute atomic E-state index is 0.125. The zero-order chi connectivity index (χ0) is 17.5. The average molecular weight is 349 g/mol. The van der Waals surface area contributed by atoms with Gasteiger partial charge in [-0.25, -0.2) is 0 Å². The monoisotopic (exact) mass is 348 g/mol. The van der Waals surface area contributed by atoms with Gasteiger partial charge in [-0.1, -0.05) is 29.8 Å². The number of methoxy groups -OCH3 is 2. The summed E-state index contributed by atoms with van der Waals surface area (Å²) < 4.78 is 10.4. The molecule has 0 saturated heterocycles. The maximum atomic E-state index is 12.1. The summed E-state index contributed by atoms with van der Waals surface area (Å²) in [5.74, 6) is 1.22. The molecule has 0 saturated carbocycles. The van der Waals surface area contributed by atoms with E-state index in [1.54, 1.807) is 26.4 Å². The topological polar surface area (TPSA) is 59.6 Å². The number of ether oxygens (including phenoxy) is 2. The van der Waals surface area contributed by atoms with E-state index in [9.17, 15) is 4.79 Å². The zero-order valence-electron chi connectivity index (χ0n) is 13.9. The van der Waals surface area contributed by atoms with E-state index in [-0.39, 0.29) is 18.5 Å². The van der Waals surface area contributed by atoms with Gasteiger partial charge in [-0.15, -0.1) is 0 Å². The smallest absolute Gasteiger partial charge is 0.239 e. The number of carbonyl (C=O) groups is 1. The number of hydrogen-bond donors (Lipinski definition) is 2. The number of carbonyl (C=O) groups excluding carboxylic acids is 1. The fourth-order valence-corrected chi connectivity index (χ4v) is 2.61. The summed E-state index contributed by atoms with van der Waals surface area (Å²) in [7, 11) is 3.17. The van der Waals surface area contributed by atoms with Gasteiger partial charge in [-0.3, -0.25) is 4.79 Å². The lowest BCUT2D eigenvalue weighted by Gasteiger charge is -2.17. The van der Waals surface area contributed by atoms with Crippen molar-refractivity contribution < 1.29 is 14.3 Å². The number of nitrogens with one attached hydrogen (secondary N) is 2. The zero-order valence-corrected chi connectivity index (χ0v) is 14.7. The second kappa shape index (κ2) is 8.45. The van der Waals surface area contributed by atoms with Crippen molar-refractivity contribution in [1.82, 2.24) is 5.32 Å². The molecule has 0 aromatic heterocycles. The van der Waals surface area contributed by atoms with Gasteiger partial charge in [0.15, 0.2) is 0 Å². The van der Waals surface area contributed by atoms with Crippen LogP contribution in [0.25, 0.3) is 0 Å². The van der Waals surface area contributed by atoms with Gasteiger partial charge < -0.3 is 20.1 Å². The van der Waals surface area contributed by atoms with Gasteiger partial charge in [-0.05, 0) is 31.2 Å². The third kappa shape index (κ3) is 4.55. The number of rotatable bonds is 7. The minimum atomic E-state index is -0.157. The van der Waals surface area contributed by atoms with Gasteiger partial charge in [0.25, 0.3) is 0 Å². The Morgan fingerprint density at radius 2 is 1.83 bits per heavy atom.